The Morgan fingerprint density at radius 3 is 2.00 bits per heavy atom. The van der Waals surface area contributed by atoms with Crippen LogP contribution in [0.15, 0.2) is 48.8 Å². The number of rotatable bonds is 4. The fraction of sp³-hybridized carbons (Fsp3) is 0.250. The van der Waals surface area contributed by atoms with Crippen molar-refractivity contribution in [1.29, 1.82) is 0 Å². The van der Waals surface area contributed by atoms with Gasteiger partial charge in [0.15, 0.2) is 0 Å². The van der Waals surface area contributed by atoms with Crippen molar-refractivity contribution in [3.8, 4) is 11.1 Å². The van der Waals surface area contributed by atoms with E-state index < -0.39 is 6.04 Å². The van der Waals surface area contributed by atoms with Crippen molar-refractivity contribution in [2.45, 2.75) is 25.9 Å². The lowest BCUT2D eigenvalue weighted by Gasteiger charge is -2.16. The molecule has 1 aromatic heterocycles. The summed E-state index contributed by atoms with van der Waals surface area (Å²) in [6.45, 7) is 3.62. The van der Waals surface area contributed by atoms with Gasteiger partial charge in [0.1, 0.15) is 0 Å². The van der Waals surface area contributed by atoms with Crippen LogP contribution in [0.3, 0.4) is 0 Å². The molecule has 1 heterocycles. The van der Waals surface area contributed by atoms with E-state index >= 15 is 0 Å². The second kappa shape index (κ2) is 9.41. The maximum Gasteiger partial charge on any atom is 0.237 e. The Morgan fingerprint density at radius 1 is 1.00 bits per heavy atom. The largest absolute Gasteiger partial charge is 0.348 e. The van der Waals surface area contributed by atoms with Crippen LogP contribution in [0.1, 0.15) is 25.5 Å². The number of nitrogens with two attached hydrogens (primary N) is 1. The van der Waals surface area contributed by atoms with Crippen LogP contribution in [0.5, 0.6) is 0 Å². The summed E-state index contributed by atoms with van der Waals surface area (Å²) in [5.74, 6) is -0.143. The summed E-state index contributed by atoms with van der Waals surface area (Å²) in [6, 6.07) is 11.5. The monoisotopic (exact) mass is 341 g/mol. The van der Waals surface area contributed by atoms with Crippen molar-refractivity contribution < 1.29 is 4.79 Å². The number of hydrogen-bond acceptors (Lipinski definition) is 3. The van der Waals surface area contributed by atoms with Gasteiger partial charge in [-0.25, -0.2) is 0 Å². The number of nitrogens with zero attached hydrogens (tertiary/aromatic N) is 1. The molecule has 0 fully saturated rings. The van der Waals surface area contributed by atoms with Crippen molar-refractivity contribution in [3.63, 3.8) is 0 Å². The zero-order valence-corrected chi connectivity index (χ0v) is 14.2. The SMILES string of the molecule is CC(NC(=O)[C@@H](C)N)c1ccc(-c2ccncc2)cc1.Cl.Cl. The first-order valence-corrected chi connectivity index (χ1v) is 6.64. The predicted octanol–water partition coefficient (Wildman–Crippen LogP) is 3.12. The lowest BCUT2D eigenvalue weighted by molar-refractivity contribution is -0.122. The molecular formula is C16H21Cl2N3O. The summed E-state index contributed by atoms with van der Waals surface area (Å²) in [7, 11) is 0. The number of nitrogens with one attached hydrogen (secondary N) is 1. The van der Waals surface area contributed by atoms with Gasteiger partial charge in [-0.1, -0.05) is 24.3 Å². The van der Waals surface area contributed by atoms with Gasteiger partial charge in [-0.15, -0.1) is 24.8 Å². The number of amides is 1. The highest BCUT2D eigenvalue weighted by Gasteiger charge is 2.12. The molecule has 1 unspecified atom stereocenters. The van der Waals surface area contributed by atoms with Gasteiger partial charge < -0.3 is 11.1 Å². The van der Waals surface area contributed by atoms with Gasteiger partial charge in [-0.3, -0.25) is 9.78 Å². The van der Waals surface area contributed by atoms with Gasteiger partial charge in [0.25, 0.3) is 0 Å². The molecule has 2 aromatic rings. The molecule has 2 rings (SSSR count). The molecule has 120 valence electrons. The smallest absolute Gasteiger partial charge is 0.237 e. The molecule has 1 amide bonds. The summed E-state index contributed by atoms with van der Waals surface area (Å²) in [5, 5.41) is 2.88. The summed E-state index contributed by atoms with van der Waals surface area (Å²) in [6.07, 6.45) is 3.55. The summed E-state index contributed by atoms with van der Waals surface area (Å²) in [5.41, 5.74) is 8.85. The molecule has 4 nitrogen and oxygen atoms in total. The second-order valence-electron chi connectivity index (χ2n) is 4.88. The zero-order chi connectivity index (χ0) is 14.5. The minimum atomic E-state index is -0.492. The van der Waals surface area contributed by atoms with Crippen LogP contribution < -0.4 is 11.1 Å². The van der Waals surface area contributed by atoms with E-state index in [0.29, 0.717) is 0 Å². The zero-order valence-electron chi connectivity index (χ0n) is 12.5. The molecule has 0 spiro atoms. The molecule has 1 aromatic carbocycles. The highest BCUT2D eigenvalue weighted by Crippen LogP contribution is 2.21. The lowest BCUT2D eigenvalue weighted by atomic mass is 10.0. The first-order chi connectivity index (χ1) is 9.58. The standard InChI is InChI=1S/C16H19N3O.2ClH/c1-11(17)16(20)19-12(2)13-3-5-14(6-4-13)15-7-9-18-10-8-15;;/h3-12H,17H2,1-2H3,(H,19,20);2*1H/t11-,12?;;/m1../s1. The average Bonchev–Trinajstić information content (AvgIpc) is 2.48. The topological polar surface area (TPSA) is 68.0 Å². The number of carbonyl (C=O) groups is 1. The van der Waals surface area contributed by atoms with Gasteiger partial charge >= 0.3 is 0 Å². The van der Waals surface area contributed by atoms with Crippen molar-refractivity contribution >= 4 is 30.7 Å². The summed E-state index contributed by atoms with van der Waals surface area (Å²) in [4.78, 5) is 15.6. The van der Waals surface area contributed by atoms with Crippen molar-refractivity contribution in [2.75, 3.05) is 0 Å². The van der Waals surface area contributed by atoms with Gasteiger partial charge in [0.05, 0.1) is 12.1 Å². The third-order valence-corrected chi connectivity index (χ3v) is 3.20. The summed E-state index contributed by atoms with van der Waals surface area (Å²) >= 11 is 0. The van der Waals surface area contributed by atoms with E-state index in [9.17, 15) is 4.79 Å². The van der Waals surface area contributed by atoms with Crippen molar-refractivity contribution in [2.24, 2.45) is 5.73 Å². The minimum Gasteiger partial charge on any atom is -0.348 e. The number of aromatic nitrogens is 1. The van der Waals surface area contributed by atoms with Gasteiger partial charge in [-0.2, -0.15) is 0 Å². The molecule has 0 aliphatic carbocycles. The van der Waals surface area contributed by atoms with Crippen LogP contribution in [0.4, 0.5) is 0 Å². The molecule has 0 saturated heterocycles. The van der Waals surface area contributed by atoms with Gasteiger partial charge in [-0.05, 0) is 42.7 Å². The Hall–Kier alpha value is -1.62. The highest BCUT2D eigenvalue weighted by atomic mass is 35.5. The molecule has 0 aliphatic rings. The van der Waals surface area contributed by atoms with Gasteiger partial charge in [0.2, 0.25) is 5.91 Å². The average molecular weight is 342 g/mol. The Kier molecular flexibility index (Phi) is 8.72. The first kappa shape index (κ1) is 20.4. The van der Waals surface area contributed by atoms with E-state index in [1.165, 1.54) is 0 Å². The molecule has 0 bridgehead atoms. The van der Waals surface area contributed by atoms with Crippen LogP contribution in [0, 0.1) is 0 Å². The van der Waals surface area contributed by atoms with Crippen LogP contribution in [0.2, 0.25) is 0 Å². The molecule has 22 heavy (non-hydrogen) atoms. The van der Waals surface area contributed by atoms with Crippen LogP contribution in [0.25, 0.3) is 11.1 Å². The fourth-order valence-corrected chi connectivity index (χ4v) is 1.94. The number of carbonyl (C=O) groups excluding carboxylic acids is 1. The Bertz CT molecular complexity index is 574. The van der Waals surface area contributed by atoms with Gasteiger partial charge in [0, 0.05) is 12.4 Å². The van der Waals surface area contributed by atoms with E-state index in [0.717, 1.165) is 16.7 Å². The van der Waals surface area contributed by atoms with Crippen molar-refractivity contribution in [1.82, 2.24) is 10.3 Å². The molecule has 0 aliphatic heterocycles. The van der Waals surface area contributed by atoms with Crippen LogP contribution in [-0.2, 0) is 4.79 Å². The molecule has 0 radical (unpaired) electrons. The van der Waals surface area contributed by atoms with E-state index in [1.807, 2.05) is 43.3 Å². The van der Waals surface area contributed by atoms with E-state index in [-0.39, 0.29) is 36.8 Å². The normalized spacial score (nSPS) is 12.3. The summed E-state index contributed by atoms with van der Waals surface area (Å²) < 4.78 is 0. The minimum absolute atomic E-state index is 0. The van der Waals surface area contributed by atoms with E-state index in [1.54, 1.807) is 19.3 Å². The third kappa shape index (κ3) is 5.30. The van der Waals surface area contributed by atoms with E-state index in [4.69, 9.17) is 5.73 Å². The fourth-order valence-electron chi connectivity index (χ4n) is 1.94. The molecule has 3 N–H and O–H groups in total. The number of hydrogen-bond donors (Lipinski definition) is 2. The maximum absolute atomic E-state index is 11.6. The van der Waals surface area contributed by atoms with Crippen molar-refractivity contribution in [3.05, 3.63) is 54.4 Å². The number of benzene rings is 1. The lowest BCUT2D eigenvalue weighted by Crippen LogP contribution is -2.39. The Labute approximate surface area is 143 Å². The second-order valence-corrected chi connectivity index (χ2v) is 4.88. The molecular weight excluding hydrogens is 321 g/mol. The third-order valence-electron chi connectivity index (χ3n) is 3.20. The number of pyridine rings is 1. The molecule has 0 saturated carbocycles. The first-order valence-electron chi connectivity index (χ1n) is 6.64. The highest BCUT2D eigenvalue weighted by molar-refractivity contribution is 5.85. The Balaban J connectivity index is 0.00000220. The quantitative estimate of drug-likeness (QED) is 0.897. The van der Waals surface area contributed by atoms with Crippen LogP contribution >= 0.6 is 24.8 Å². The maximum atomic E-state index is 11.6. The number of halogens is 2. The van der Waals surface area contributed by atoms with E-state index in [2.05, 4.69) is 10.3 Å². The Morgan fingerprint density at radius 2 is 1.50 bits per heavy atom. The van der Waals surface area contributed by atoms with Crippen LogP contribution in [-0.4, -0.2) is 16.9 Å². The molecule has 6 heteroatoms. The predicted molar refractivity (Wildman–Crippen MR) is 94.4 cm³/mol. The molecule has 2 atom stereocenters.